The van der Waals surface area contributed by atoms with Crippen molar-refractivity contribution < 1.29 is 0 Å². The van der Waals surface area contributed by atoms with E-state index in [4.69, 9.17) is 0 Å². The molecule has 58 valence electrons. The fourth-order valence-electron chi connectivity index (χ4n) is 0.502. The number of hydrazone groups is 1. The summed E-state index contributed by atoms with van der Waals surface area (Å²) in [5.74, 6) is 0. The molecule has 0 heterocycles. The fourth-order valence-corrected chi connectivity index (χ4v) is 0.502. The van der Waals surface area contributed by atoms with E-state index in [1.54, 1.807) is 13.3 Å². The van der Waals surface area contributed by atoms with Crippen LogP contribution in [0.2, 0.25) is 0 Å². The number of rotatable bonds is 5. The van der Waals surface area contributed by atoms with E-state index in [0.717, 1.165) is 13.0 Å². The monoisotopic (exact) mass is 141 g/mol. The van der Waals surface area contributed by atoms with Crippen LogP contribution in [0.15, 0.2) is 17.3 Å². The zero-order chi connectivity index (χ0) is 7.66. The van der Waals surface area contributed by atoms with E-state index in [1.165, 1.54) is 0 Å². The van der Waals surface area contributed by atoms with Gasteiger partial charge in [0, 0.05) is 13.3 Å². The van der Waals surface area contributed by atoms with Gasteiger partial charge in [0.25, 0.3) is 0 Å². The Labute approximate surface area is 62.2 Å². The van der Waals surface area contributed by atoms with Crippen LogP contribution in [0, 0.1) is 0 Å². The van der Waals surface area contributed by atoms with Crippen molar-refractivity contribution in [3.63, 3.8) is 0 Å². The van der Waals surface area contributed by atoms with Crippen molar-refractivity contribution in [3.8, 4) is 0 Å². The lowest BCUT2D eigenvalue weighted by Crippen LogP contribution is -2.05. The van der Waals surface area contributed by atoms with Crippen molar-refractivity contribution in [1.29, 1.82) is 0 Å². The minimum absolute atomic E-state index is 1.02. The summed E-state index contributed by atoms with van der Waals surface area (Å²) < 4.78 is 0. The normalized spacial score (nSPS) is 11.4. The summed E-state index contributed by atoms with van der Waals surface area (Å²) in [4.78, 5) is 0. The predicted octanol–water partition coefficient (Wildman–Crippen LogP) is 0.357. The lowest BCUT2D eigenvalue weighted by Gasteiger charge is -1.88. The molecule has 0 atom stereocenters. The van der Waals surface area contributed by atoms with Crippen molar-refractivity contribution in [3.05, 3.63) is 12.2 Å². The van der Waals surface area contributed by atoms with Crippen LogP contribution in [0.1, 0.15) is 6.42 Å². The molecule has 3 heteroatoms. The molecule has 0 fully saturated rings. The Morgan fingerprint density at radius 3 is 2.80 bits per heavy atom. The molecule has 0 saturated carbocycles. The Morgan fingerprint density at radius 1 is 1.40 bits per heavy atom. The minimum atomic E-state index is 1.02. The van der Waals surface area contributed by atoms with E-state index in [2.05, 4.69) is 21.9 Å². The molecule has 0 aliphatic rings. The molecule has 0 amide bonds. The van der Waals surface area contributed by atoms with Crippen LogP contribution in [-0.4, -0.2) is 26.9 Å². The van der Waals surface area contributed by atoms with E-state index >= 15 is 0 Å². The molecular formula is C7H15N3. The standard InChI is InChI=1S/C7H15N3/c1-8-6-4-3-5-7-10-9-2/h3,5,7-9H,4,6H2,1-2H3/b5-3+,10-7-. The van der Waals surface area contributed by atoms with Crippen molar-refractivity contribution in [2.24, 2.45) is 5.10 Å². The number of hydrogen-bond acceptors (Lipinski definition) is 3. The van der Waals surface area contributed by atoms with Crippen molar-refractivity contribution in [2.75, 3.05) is 20.6 Å². The summed E-state index contributed by atoms with van der Waals surface area (Å²) >= 11 is 0. The fraction of sp³-hybridized carbons (Fsp3) is 0.571. The van der Waals surface area contributed by atoms with Gasteiger partial charge in [-0.05, 0) is 26.1 Å². The van der Waals surface area contributed by atoms with Gasteiger partial charge in [-0.25, -0.2) is 0 Å². The second-order valence-corrected chi connectivity index (χ2v) is 1.82. The number of allylic oxidation sites excluding steroid dienone is 1. The molecule has 0 aliphatic carbocycles. The van der Waals surface area contributed by atoms with Crippen molar-refractivity contribution in [2.45, 2.75) is 6.42 Å². The molecule has 0 aromatic carbocycles. The molecule has 0 saturated heterocycles. The summed E-state index contributed by atoms with van der Waals surface area (Å²) in [5, 5.41) is 6.83. The quantitative estimate of drug-likeness (QED) is 0.329. The van der Waals surface area contributed by atoms with Crippen LogP contribution in [0.4, 0.5) is 0 Å². The second kappa shape index (κ2) is 8.17. The number of nitrogens with one attached hydrogen (secondary N) is 2. The molecule has 0 aromatic heterocycles. The Bertz CT molecular complexity index is 107. The van der Waals surface area contributed by atoms with Crippen LogP contribution < -0.4 is 10.7 Å². The van der Waals surface area contributed by atoms with Crippen LogP contribution in [0.25, 0.3) is 0 Å². The highest BCUT2D eigenvalue weighted by Crippen LogP contribution is 1.76. The van der Waals surface area contributed by atoms with Gasteiger partial charge < -0.3 is 10.7 Å². The van der Waals surface area contributed by atoms with Gasteiger partial charge in [-0.15, -0.1) is 0 Å². The van der Waals surface area contributed by atoms with Gasteiger partial charge >= 0.3 is 0 Å². The van der Waals surface area contributed by atoms with Crippen molar-refractivity contribution >= 4 is 6.21 Å². The first-order valence-electron chi connectivity index (χ1n) is 3.41. The van der Waals surface area contributed by atoms with E-state index in [-0.39, 0.29) is 0 Å². The second-order valence-electron chi connectivity index (χ2n) is 1.82. The largest absolute Gasteiger partial charge is 0.319 e. The maximum Gasteiger partial charge on any atom is 0.0464 e. The topological polar surface area (TPSA) is 36.4 Å². The van der Waals surface area contributed by atoms with E-state index in [1.807, 2.05) is 13.1 Å². The number of nitrogens with zero attached hydrogens (tertiary/aromatic N) is 1. The molecule has 0 aromatic rings. The van der Waals surface area contributed by atoms with Gasteiger partial charge in [0.1, 0.15) is 0 Å². The zero-order valence-corrected chi connectivity index (χ0v) is 6.59. The van der Waals surface area contributed by atoms with Crippen LogP contribution >= 0.6 is 0 Å². The average Bonchev–Trinajstić information content (AvgIpc) is 1.97. The molecular weight excluding hydrogens is 126 g/mol. The molecule has 2 N–H and O–H groups in total. The van der Waals surface area contributed by atoms with Gasteiger partial charge in [-0.2, -0.15) is 5.10 Å². The van der Waals surface area contributed by atoms with Gasteiger partial charge in [0.15, 0.2) is 0 Å². The molecule has 0 radical (unpaired) electrons. The molecule has 10 heavy (non-hydrogen) atoms. The first-order chi connectivity index (χ1) is 4.91. The summed E-state index contributed by atoms with van der Waals surface area (Å²) in [6.45, 7) is 1.02. The third-order valence-corrected chi connectivity index (χ3v) is 0.987. The average molecular weight is 141 g/mol. The number of hydrogen-bond donors (Lipinski definition) is 2. The highest BCUT2D eigenvalue weighted by Gasteiger charge is 1.72. The Kier molecular flexibility index (Phi) is 7.49. The van der Waals surface area contributed by atoms with Gasteiger partial charge in [-0.1, -0.05) is 6.08 Å². The Balaban J connectivity index is 3.11. The molecule has 3 nitrogen and oxygen atoms in total. The summed E-state index contributed by atoms with van der Waals surface area (Å²) in [6.07, 6.45) is 6.77. The molecule has 0 bridgehead atoms. The smallest absolute Gasteiger partial charge is 0.0464 e. The molecule has 0 spiro atoms. The zero-order valence-electron chi connectivity index (χ0n) is 6.59. The predicted molar refractivity (Wildman–Crippen MR) is 45.2 cm³/mol. The third kappa shape index (κ3) is 7.17. The van der Waals surface area contributed by atoms with Gasteiger partial charge in [0.05, 0.1) is 0 Å². The van der Waals surface area contributed by atoms with E-state index < -0.39 is 0 Å². The molecule has 0 unspecified atom stereocenters. The minimum Gasteiger partial charge on any atom is -0.319 e. The third-order valence-electron chi connectivity index (χ3n) is 0.987. The van der Waals surface area contributed by atoms with Crippen LogP contribution in [-0.2, 0) is 0 Å². The molecule has 0 rings (SSSR count). The highest BCUT2D eigenvalue weighted by molar-refractivity contribution is 5.70. The maximum absolute atomic E-state index is 3.79. The lowest BCUT2D eigenvalue weighted by molar-refractivity contribution is 0.808. The summed E-state index contributed by atoms with van der Waals surface area (Å²) in [5.41, 5.74) is 2.66. The first kappa shape index (κ1) is 9.17. The SMILES string of the molecule is CNCC/C=C/C=N\NC. The first-order valence-corrected chi connectivity index (χ1v) is 3.41. The van der Waals surface area contributed by atoms with Crippen LogP contribution in [0.3, 0.4) is 0 Å². The highest BCUT2D eigenvalue weighted by atomic mass is 15.3. The van der Waals surface area contributed by atoms with Crippen LogP contribution in [0.5, 0.6) is 0 Å². The lowest BCUT2D eigenvalue weighted by atomic mass is 10.4. The van der Waals surface area contributed by atoms with Gasteiger partial charge in [-0.3, -0.25) is 0 Å². The van der Waals surface area contributed by atoms with Gasteiger partial charge in [0.2, 0.25) is 0 Å². The summed E-state index contributed by atoms with van der Waals surface area (Å²) in [6, 6.07) is 0. The maximum atomic E-state index is 3.79. The Hall–Kier alpha value is -0.830. The summed E-state index contributed by atoms with van der Waals surface area (Å²) in [7, 11) is 3.72. The molecule has 0 aliphatic heterocycles. The van der Waals surface area contributed by atoms with E-state index in [9.17, 15) is 0 Å². The Morgan fingerprint density at radius 2 is 2.20 bits per heavy atom. The van der Waals surface area contributed by atoms with Crippen molar-refractivity contribution in [1.82, 2.24) is 10.7 Å². The van der Waals surface area contributed by atoms with E-state index in [0.29, 0.717) is 0 Å².